The smallest absolute Gasteiger partial charge is 0.276 e. The van der Waals surface area contributed by atoms with Gasteiger partial charge in [-0.15, -0.1) is 0 Å². The molecule has 0 saturated heterocycles. The molecule has 0 aromatic carbocycles. The van der Waals surface area contributed by atoms with Gasteiger partial charge in [0.25, 0.3) is 5.56 Å². The summed E-state index contributed by atoms with van der Waals surface area (Å²) in [6.07, 6.45) is 8.34. The van der Waals surface area contributed by atoms with Crippen LogP contribution in [0.15, 0.2) is 29.5 Å². The van der Waals surface area contributed by atoms with Gasteiger partial charge in [0.2, 0.25) is 0 Å². The Kier molecular flexibility index (Phi) is 3.11. The number of fused-ring (bicyclic) bond motifs is 1. The monoisotopic (exact) mass is 223 g/mol. The molecule has 0 saturated carbocycles. The van der Waals surface area contributed by atoms with E-state index in [2.05, 4.69) is 11.4 Å². The molecular weight excluding hydrogens is 210 g/mol. The topological polar surface area (TPSA) is 39.3 Å². The van der Waals surface area contributed by atoms with Crippen molar-refractivity contribution in [2.45, 2.75) is 13.0 Å². The first kappa shape index (κ1) is 10.3. The average Bonchev–Trinajstić information content (AvgIpc) is 2.70. The maximum Gasteiger partial charge on any atom is 0.276 e. The van der Waals surface area contributed by atoms with Gasteiger partial charge in [-0.05, 0) is 24.5 Å². The first-order valence-corrected chi connectivity index (χ1v) is 6.24. The number of aromatic nitrogens is 3. The van der Waals surface area contributed by atoms with E-state index in [-0.39, 0.29) is 5.56 Å². The quantitative estimate of drug-likeness (QED) is 0.732. The van der Waals surface area contributed by atoms with Crippen LogP contribution in [-0.4, -0.2) is 26.2 Å². The molecule has 0 amide bonds. The van der Waals surface area contributed by atoms with E-state index in [4.69, 9.17) is 0 Å². The van der Waals surface area contributed by atoms with Gasteiger partial charge in [-0.3, -0.25) is 4.79 Å². The Morgan fingerprint density at radius 2 is 2.33 bits per heavy atom. The summed E-state index contributed by atoms with van der Waals surface area (Å²) < 4.78 is 3.35. The Balaban J connectivity index is 2.28. The predicted molar refractivity (Wildman–Crippen MR) is 62.5 cm³/mol. The second-order valence-electron chi connectivity index (χ2n) is 3.30. The molecule has 80 valence electrons. The summed E-state index contributed by atoms with van der Waals surface area (Å²) in [6, 6.07) is 1.74. The predicted octanol–water partition coefficient (Wildman–Crippen LogP) is 1.25. The molecule has 0 aliphatic heterocycles. The molecule has 2 aromatic heterocycles. The summed E-state index contributed by atoms with van der Waals surface area (Å²) in [7, 11) is 0. The molecule has 2 heterocycles. The number of hydrogen-bond acceptors (Lipinski definition) is 3. The van der Waals surface area contributed by atoms with E-state index in [0.29, 0.717) is 5.52 Å². The SMILES string of the molecule is CSCCCn1ccn2nccc2c1=O. The lowest BCUT2D eigenvalue weighted by Gasteiger charge is -2.04. The molecule has 0 aliphatic rings. The number of rotatable bonds is 4. The highest BCUT2D eigenvalue weighted by Crippen LogP contribution is 1.99. The molecule has 2 aromatic rings. The average molecular weight is 223 g/mol. The van der Waals surface area contributed by atoms with Crippen molar-refractivity contribution in [3.05, 3.63) is 35.0 Å². The fourth-order valence-corrected chi connectivity index (χ4v) is 1.93. The van der Waals surface area contributed by atoms with Gasteiger partial charge >= 0.3 is 0 Å². The van der Waals surface area contributed by atoms with Crippen LogP contribution < -0.4 is 5.56 Å². The van der Waals surface area contributed by atoms with E-state index in [9.17, 15) is 4.79 Å². The molecule has 15 heavy (non-hydrogen) atoms. The molecule has 0 aliphatic carbocycles. The minimum atomic E-state index is 0.0381. The van der Waals surface area contributed by atoms with Crippen molar-refractivity contribution < 1.29 is 0 Å². The summed E-state index contributed by atoms with van der Waals surface area (Å²) in [5.41, 5.74) is 0.678. The zero-order valence-corrected chi connectivity index (χ0v) is 9.41. The Morgan fingerprint density at radius 3 is 3.13 bits per heavy atom. The third kappa shape index (κ3) is 2.07. The summed E-state index contributed by atoms with van der Waals surface area (Å²) in [4.78, 5) is 11.9. The van der Waals surface area contributed by atoms with Crippen molar-refractivity contribution in [3.8, 4) is 0 Å². The fourth-order valence-electron chi connectivity index (χ4n) is 1.52. The first-order valence-electron chi connectivity index (χ1n) is 4.84. The Morgan fingerprint density at radius 1 is 1.47 bits per heavy atom. The van der Waals surface area contributed by atoms with Gasteiger partial charge in [0, 0.05) is 18.9 Å². The van der Waals surface area contributed by atoms with Crippen molar-refractivity contribution in [2.75, 3.05) is 12.0 Å². The van der Waals surface area contributed by atoms with Crippen molar-refractivity contribution in [1.82, 2.24) is 14.2 Å². The summed E-state index contributed by atoms with van der Waals surface area (Å²) >= 11 is 1.80. The van der Waals surface area contributed by atoms with Crippen LogP contribution in [0, 0.1) is 0 Å². The van der Waals surface area contributed by atoms with Crippen molar-refractivity contribution >= 4 is 17.3 Å². The van der Waals surface area contributed by atoms with Crippen LogP contribution >= 0.6 is 11.8 Å². The lowest BCUT2D eigenvalue weighted by molar-refractivity contribution is 0.652. The lowest BCUT2D eigenvalue weighted by atomic mass is 10.4. The molecule has 5 heteroatoms. The molecule has 4 nitrogen and oxygen atoms in total. The van der Waals surface area contributed by atoms with Gasteiger partial charge in [0.15, 0.2) is 0 Å². The van der Waals surface area contributed by atoms with Gasteiger partial charge in [-0.25, -0.2) is 4.52 Å². The molecular formula is C10H13N3OS. The third-order valence-electron chi connectivity index (χ3n) is 2.29. The van der Waals surface area contributed by atoms with Gasteiger partial charge in [-0.1, -0.05) is 0 Å². The van der Waals surface area contributed by atoms with Crippen LogP contribution in [-0.2, 0) is 6.54 Å². The number of nitrogens with zero attached hydrogens (tertiary/aromatic N) is 3. The summed E-state index contributed by atoms with van der Waals surface area (Å²) in [5, 5.41) is 4.02. The summed E-state index contributed by atoms with van der Waals surface area (Å²) in [5.74, 6) is 1.08. The number of aryl methyl sites for hydroxylation is 1. The van der Waals surface area contributed by atoms with Crippen molar-refractivity contribution in [3.63, 3.8) is 0 Å². The van der Waals surface area contributed by atoms with E-state index < -0.39 is 0 Å². The van der Waals surface area contributed by atoms with Crippen LogP contribution in [0.1, 0.15) is 6.42 Å². The molecule has 0 unspecified atom stereocenters. The summed E-state index contributed by atoms with van der Waals surface area (Å²) in [6.45, 7) is 0.779. The van der Waals surface area contributed by atoms with E-state index in [1.54, 1.807) is 39.3 Å². The fraction of sp³-hybridized carbons (Fsp3) is 0.400. The number of hydrogen-bond donors (Lipinski definition) is 0. The molecule has 0 spiro atoms. The lowest BCUT2D eigenvalue weighted by Crippen LogP contribution is -2.21. The minimum absolute atomic E-state index is 0.0381. The number of thioether (sulfide) groups is 1. The van der Waals surface area contributed by atoms with Crippen LogP contribution in [0.3, 0.4) is 0 Å². The molecule has 0 N–H and O–H groups in total. The normalized spacial score (nSPS) is 11.0. The Labute approximate surface area is 91.9 Å². The molecule has 0 fully saturated rings. The largest absolute Gasteiger partial charge is 0.312 e. The molecule has 2 rings (SSSR count). The van der Waals surface area contributed by atoms with Gasteiger partial charge in [0.05, 0.1) is 6.20 Å². The van der Waals surface area contributed by atoms with Crippen molar-refractivity contribution in [1.29, 1.82) is 0 Å². The van der Waals surface area contributed by atoms with Crippen molar-refractivity contribution in [2.24, 2.45) is 0 Å². The van der Waals surface area contributed by atoms with E-state index in [1.165, 1.54) is 0 Å². The van der Waals surface area contributed by atoms with Gasteiger partial charge in [-0.2, -0.15) is 16.9 Å². The molecule has 0 bridgehead atoms. The second kappa shape index (κ2) is 4.53. The third-order valence-corrected chi connectivity index (χ3v) is 2.98. The standard InChI is InChI=1S/C10H13N3OS/c1-15-8-2-5-12-6-7-13-9(10(12)14)3-4-11-13/h3-4,6-7H,2,5,8H2,1H3. The second-order valence-corrected chi connectivity index (χ2v) is 4.29. The molecule has 0 atom stereocenters. The van der Waals surface area contributed by atoms with Crippen LogP contribution in [0.2, 0.25) is 0 Å². The maximum absolute atomic E-state index is 11.9. The first-order chi connectivity index (χ1) is 7.33. The maximum atomic E-state index is 11.9. The van der Waals surface area contributed by atoms with Gasteiger partial charge < -0.3 is 4.57 Å². The Hall–Kier alpha value is -1.23. The zero-order valence-electron chi connectivity index (χ0n) is 8.59. The van der Waals surface area contributed by atoms with Crippen LogP contribution in [0.4, 0.5) is 0 Å². The Bertz CT molecular complexity index is 503. The minimum Gasteiger partial charge on any atom is -0.312 e. The van der Waals surface area contributed by atoms with Crippen LogP contribution in [0.5, 0.6) is 0 Å². The van der Waals surface area contributed by atoms with E-state index >= 15 is 0 Å². The highest BCUT2D eigenvalue weighted by atomic mass is 32.2. The molecule has 0 radical (unpaired) electrons. The highest BCUT2D eigenvalue weighted by molar-refractivity contribution is 7.98. The van der Waals surface area contributed by atoms with E-state index in [0.717, 1.165) is 18.7 Å². The van der Waals surface area contributed by atoms with Gasteiger partial charge in [0.1, 0.15) is 5.52 Å². The van der Waals surface area contributed by atoms with Crippen LogP contribution in [0.25, 0.3) is 5.52 Å². The zero-order chi connectivity index (χ0) is 10.7. The van der Waals surface area contributed by atoms with E-state index in [1.807, 2.05) is 6.20 Å². The highest BCUT2D eigenvalue weighted by Gasteiger charge is 2.01.